The molecular formula is C15H19ClN2O3. The second-order valence-corrected chi connectivity index (χ2v) is 6.26. The maximum atomic E-state index is 11.4. The lowest BCUT2D eigenvalue weighted by Gasteiger charge is -2.37. The number of carboxylic acids is 1. The molecule has 1 atom stereocenters. The molecule has 1 heterocycles. The van der Waals surface area contributed by atoms with E-state index in [9.17, 15) is 14.7 Å². The van der Waals surface area contributed by atoms with Crippen LogP contribution in [0.4, 0.5) is 0 Å². The molecule has 1 unspecified atom stereocenters. The zero-order chi connectivity index (χ0) is 15.6. The summed E-state index contributed by atoms with van der Waals surface area (Å²) < 4.78 is 0. The van der Waals surface area contributed by atoms with Crippen molar-refractivity contribution in [3.05, 3.63) is 34.3 Å². The summed E-state index contributed by atoms with van der Waals surface area (Å²) in [4.78, 5) is 24.5. The molecule has 1 saturated heterocycles. The number of carboxylic acid groups (broad SMARTS) is 1. The van der Waals surface area contributed by atoms with Crippen LogP contribution in [-0.2, 0) is 11.3 Å². The van der Waals surface area contributed by atoms with Crippen LogP contribution in [-0.4, -0.2) is 35.0 Å². The highest BCUT2D eigenvalue weighted by Crippen LogP contribution is 2.31. The lowest BCUT2D eigenvalue weighted by atomic mass is 9.82. The molecule has 5 nitrogen and oxygen atoms in total. The van der Waals surface area contributed by atoms with E-state index in [0.29, 0.717) is 30.1 Å². The van der Waals surface area contributed by atoms with Crippen molar-refractivity contribution in [2.45, 2.75) is 26.3 Å². The first kappa shape index (κ1) is 15.8. The molecule has 2 rings (SSSR count). The van der Waals surface area contributed by atoms with Crippen LogP contribution >= 0.6 is 11.6 Å². The van der Waals surface area contributed by atoms with Gasteiger partial charge >= 0.3 is 5.97 Å². The number of hydrogen-bond acceptors (Lipinski definition) is 3. The minimum Gasteiger partial charge on any atom is -0.481 e. The summed E-state index contributed by atoms with van der Waals surface area (Å²) in [6, 6.07) is 4.97. The second kappa shape index (κ2) is 6.03. The lowest BCUT2D eigenvalue weighted by molar-refractivity contribution is -0.151. The van der Waals surface area contributed by atoms with Crippen molar-refractivity contribution in [2.24, 2.45) is 11.1 Å². The van der Waals surface area contributed by atoms with Gasteiger partial charge in [0.15, 0.2) is 0 Å². The van der Waals surface area contributed by atoms with Crippen LogP contribution in [0, 0.1) is 5.41 Å². The topological polar surface area (TPSA) is 83.6 Å². The molecule has 114 valence electrons. The van der Waals surface area contributed by atoms with Crippen molar-refractivity contribution < 1.29 is 14.7 Å². The summed E-state index contributed by atoms with van der Waals surface area (Å²) in [5.74, 6) is -1.28. The van der Waals surface area contributed by atoms with Gasteiger partial charge in [0.25, 0.3) is 0 Å². The summed E-state index contributed by atoms with van der Waals surface area (Å²) in [7, 11) is 0. The van der Waals surface area contributed by atoms with E-state index in [4.69, 9.17) is 17.3 Å². The molecule has 0 radical (unpaired) electrons. The average molecular weight is 311 g/mol. The van der Waals surface area contributed by atoms with Crippen molar-refractivity contribution in [3.8, 4) is 0 Å². The van der Waals surface area contributed by atoms with Crippen molar-refractivity contribution in [2.75, 3.05) is 13.1 Å². The minimum absolute atomic E-state index is 0.373. The smallest absolute Gasteiger partial charge is 0.310 e. The Balaban J connectivity index is 2.11. The van der Waals surface area contributed by atoms with E-state index in [1.807, 2.05) is 0 Å². The Morgan fingerprint density at radius 2 is 2.19 bits per heavy atom. The number of benzene rings is 1. The number of primary amides is 1. The molecule has 6 heteroatoms. The number of amides is 1. The number of piperidine rings is 1. The predicted molar refractivity (Wildman–Crippen MR) is 80.2 cm³/mol. The van der Waals surface area contributed by atoms with E-state index in [0.717, 1.165) is 18.5 Å². The summed E-state index contributed by atoms with van der Waals surface area (Å²) in [6.45, 7) is 3.69. The van der Waals surface area contributed by atoms with Crippen LogP contribution < -0.4 is 5.73 Å². The first-order chi connectivity index (χ1) is 9.82. The molecule has 0 aromatic heterocycles. The number of aliphatic carboxylic acids is 1. The summed E-state index contributed by atoms with van der Waals surface area (Å²) in [5.41, 5.74) is 5.75. The number of rotatable bonds is 4. The van der Waals surface area contributed by atoms with Gasteiger partial charge in [-0.1, -0.05) is 17.7 Å². The molecule has 1 aromatic carbocycles. The largest absolute Gasteiger partial charge is 0.481 e. The highest BCUT2D eigenvalue weighted by atomic mass is 35.5. The average Bonchev–Trinajstić information content (AvgIpc) is 2.41. The maximum absolute atomic E-state index is 11.4. The molecule has 1 fully saturated rings. The number of likely N-dealkylation sites (tertiary alicyclic amines) is 1. The third-order valence-electron chi connectivity index (χ3n) is 4.02. The molecule has 1 aromatic rings. The molecule has 3 N–H and O–H groups in total. The number of carbonyl (C=O) groups is 2. The third kappa shape index (κ3) is 3.54. The SMILES string of the molecule is CC1(C(=O)O)CCCN(Cc2ccc(C(N)=O)cc2Cl)C1. The highest BCUT2D eigenvalue weighted by Gasteiger charge is 2.37. The van der Waals surface area contributed by atoms with Gasteiger partial charge in [-0.3, -0.25) is 14.5 Å². The number of hydrogen-bond donors (Lipinski definition) is 2. The minimum atomic E-state index is -0.762. The fourth-order valence-electron chi connectivity index (χ4n) is 2.72. The second-order valence-electron chi connectivity index (χ2n) is 5.85. The predicted octanol–water partition coefficient (Wildman–Crippen LogP) is 2.13. The van der Waals surface area contributed by atoms with E-state index in [1.54, 1.807) is 25.1 Å². The van der Waals surface area contributed by atoms with Gasteiger partial charge in [0.1, 0.15) is 0 Å². The van der Waals surface area contributed by atoms with E-state index < -0.39 is 17.3 Å². The molecule has 0 spiro atoms. The first-order valence-electron chi connectivity index (χ1n) is 6.86. The molecule has 1 aliphatic heterocycles. The Kier molecular flexibility index (Phi) is 4.54. The molecule has 1 amide bonds. The van der Waals surface area contributed by atoms with Gasteiger partial charge in [0.2, 0.25) is 5.91 Å². The van der Waals surface area contributed by atoms with Crippen LogP contribution in [0.3, 0.4) is 0 Å². The first-order valence-corrected chi connectivity index (χ1v) is 7.23. The summed E-state index contributed by atoms with van der Waals surface area (Å²) in [6.07, 6.45) is 1.53. The zero-order valence-corrected chi connectivity index (χ0v) is 12.7. The molecule has 1 aliphatic rings. The number of nitrogens with zero attached hydrogens (tertiary/aromatic N) is 1. The van der Waals surface area contributed by atoms with Gasteiger partial charge < -0.3 is 10.8 Å². The van der Waals surface area contributed by atoms with Gasteiger partial charge in [-0.2, -0.15) is 0 Å². The normalized spacial score (nSPS) is 23.0. The standard InChI is InChI=1S/C15H19ClN2O3/c1-15(14(20)21)5-2-6-18(9-15)8-11-4-3-10(13(17)19)7-12(11)16/h3-4,7H,2,5-6,8-9H2,1H3,(H2,17,19)(H,20,21). The van der Waals surface area contributed by atoms with Crippen molar-refractivity contribution in [1.29, 1.82) is 0 Å². The number of carbonyl (C=O) groups excluding carboxylic acids is 1. The van der Waals surface area contributed by atoms with Gasteiger partial charge in [-0.15, -0.1) is 0 Å². The highest BCUT2D eigenvalue weighted by molar-refractivity contribution is 6.31. The van der Waals surface area contributed by atoms with E-state index in [2.05, 4.69) is 4.90 Å². The van der Waals surface area contributed by atoms with Crippen LogP contribution in [0.5, 0.6) is 0 Å². The van der Waals surface area contributed by atoms with Gasteiger partial charge in [-0.05, 0) is 44.0 Å². The molecular weight excluding hydrogens is 292 g/mol. The van der Waals surface area contributed by atoms with Crippen LogP contribution in [0.25, 0.3) is 0 Å². The van der Waals surface area contributed by atoms with Gasteiger partial charge in [0.05, 0.1) is 5.41 Å². The Labute approximate surface area is 128 Å². The Morgan fingerprint density at radius 3 is 2.76 bits per heavy atom. The Hall–Kier alpha value is -1.59. The number of nitrogens with two attached hydrogens (primary N) is 1. The zero-order valence-electron chi connectivity index (χ0n) is 11.9. The van der Waals surface area contributed by atoms with E-state index in [-0.39, 0.29) is 0 Å². The van der Waals surface area contributed by atoms with Crippen molar-refractivity contribution in [1.82, 2.24) is 4.90 Å². The fraction of sp³-hybridized carbons (Fsp3) is 0.467. The molecule has 0 saturated carbocycles. The molecule has 21 heavy (non-hydrogen) atoms. The van der Waals surface area contributed by atoms with Crippen LogP contribution in [0.1, 0.15) is 35.7 Å². The third-order valence-corrected chi connectivity index (χ3v) is 4.38. The van der Waals surface area contributed by atoms with Crippen LogP contribution in [0.15, 0.2) is 18.2 Å². The van der Waals surface area contributed by atoms with Crippen LogP contribution in [0.2, 0.25) is 5.02 Å². The fourth-order valence-corrected chi connectivity index (χ4v) is 2.96. The summed E-state index contributed by atoms with van der Waals surface area (Å²) >= 11 is 6.18. The molecule has 0 aliphatic carbocycles. The summed E-state index contributed by atoms with van der Waals surface area (Å²) in [5, 5.41) is 9.81. The van der Waals surface area contributed by atoms with Gasteiger partial charge in [-0.25, -0.2) is 0 Å². The maximum Gasteiger partial charge on any atom is 0.310 e. The number of halogens is 1. The molecule has 0 bridgehead atoms. The Bertz CT molecular complexity index is 576. The lowest BCUT2D eigenvalue weighted by Crippen LogP contribution is -2.45. The van der Waals surface area contributed by atoms with E-state index in [1.165, 1.54) is 0 Å². The van der Waals surface area contributed by atoms with Crippen molar-refractivity contribution in [3.63, 3.8) is 0 Å². The van der Waals surface area contributed by atoms with Crippen molar-refractivity contribution >= 4 is 23.5 Å². The van der Waals surface area contributed by atoms with Gasteiger partial charge in [0, 0.05) is 23.7 Å². The quantitative estimate of drug-likeness (QED) is 0.892. The Morgan fingerprint density at radius 1 is 1.48 bits per heavy atom. The van der Waals surface area contributed by atoms with E-state index >= 15 is 0 Å². The monoisotopic (exact) mass is 310 g/mol.